The van der Waals surface area contributed by atoms with E-state index in [0.29, 0.717) is 30.6 Å². The Balaban J connectivity index is 1.80. The first-order valence-electron chi connectivity index (χ1n) is 8.51. The fourth-order valence-corrected chi connectivity index (χ4v) is 3.36. The first kappa shape index (κ1) is 18.9. The van der Waals surface area contributed by atoms with Gasteiger partial charge in [0.2, 0.25) is 0 Å². The molecule has 1 aromatic carbocycles. The highest BCUT2D eigenvalue weighted by Gasteiger charge is 2.15. The van der Waals surface area contributed by atoms with E-state index < -0.39 is 10.1 Å². The second-order valence-electron chi connectivity index (χ2n) is 6.15. The molecule has 0 spiro atoms. The van der Waals surface area contributed by atoms with Crippen molar-refractivity contribution < 1.29 is 22.3 Å². The van der Waals surface area contributed by atoms with E-state index in [1.165, 1.54) is 0 Å². The van der Waals surface area contributed by atoms with Gasteiger partial charge in [0.05, 0.1) is 22.6 Å². The van der Waals surface area contributed by atoms with Crippen molar-refractivity contribution in [3.05, 3.63) is 66.6 Å². The molecule has 8 heteroatoms. The highest BCUT2D eigenvalue weighted by Crippen LogP contribution is 2.21. The molecule has 0 unspecified atom stereocenters. The Morgan fingerprint density at radius 2 is 1.89 bits per heavy atom. The molecule has 0 fully saturated rings. The highest BCUT2D eigenvalue weighted by atomic mass is 32.2. The summed E-state index contributed by atoms with van der Waals surface area (Å²) in [5.41, 5.74) is 2.73. The maximum Gasteiger partial charge on any atom is 0.264 e. The number of carbonyl (C=O) groups excluding carboxylic acids is 1. The maximum atomic E-state index is 11.5. The quantitative estimate of drug-likeness (QED) is 0.278. The molecule has 3 rings (SSSR count). The third-order valence-corrected chi connectivity index (χ3v) is 4.90. The number of nitrogens with zero attached hydrogens (tertiary/aromatic N) is 3. The number of benzene rings is 1. The number of rotatable bonds is 8. The van der Waals surface area contributed by atoms with Crippen molar-refractivity contribution >= 4 is 16.4 Å². The van der Waals surface area contributed by atoms with Gasteiger partial charge < -0.3 is 0 Å². The van der Waals surface area contributed by atoms with Gasteiger partial charge in [-0.2, -0.15) is 13.5 Å². The van der Waals surface area contributed by atoms with Crippen molar-refractivity contribution in [3.8, 4) is 16.9 Å². The predicted molar refractivity (Wildman–Crippen MR) is 100 cm³/mol. The van der Waals surface area contributed by atoms with Gasteiger partial charge in [0.15, 0.2) is 18.7 Å². The minimum Gasteiger partial charge on any atom is -0.298 e. The smallest absolute Gasteiger partial charge is 0.264 e. The fourth-order valence-electron chi connectivity index (χ4n) is 2.79. The van der Waals surface area contributed by atoms with Gasteiger partial charge >= 0.3 is 0 Å². The summed E-state index contributed by atoms with van der Waals surface area (Å²) >= 11 is 0. The van der Waals surface area contributed by atoms with Crippen molar-refractivity contribution in [2.24, 2.45) is 0 Å². The summed E-state index contributed by atoms with van der Waals surface area (Å²) in [7, 11) is -3.92. The summed E-state index contributed by atoms with van der Waals surface area (Å²) in [5, 5.41) is 4.55. The van der Waals surface area contributed by atoms with E-state index in [2.05, 4.69) is 5.10 Å². The average molecular weight is 386 g/mol. The standard InChI is InChI=1S/C19H19N3O4S/c23-15-17-14-22(18-8-2-1-3-9-18)20-19(17)16-7-6-11-21(13-16)10-4-5-12-27(24,25)26/h1-3,6-9,11,13-15H,4-5,10,12H2/p+1. The maximum absolute atomic E-state index is 11.5. The number of carbonyl (C=O) groups is 1. The van der Waals surface area contributed by atoms with Crippen molar-refractivity contribution in [2.75, 3.05) is 5.75 Å². The number of hydrogen-bond donors (Lipinski definition) is 1. The zero-order chi connectivity index (χ0) is 19.3. The molecule has 2 heterocycles. The topological polar surface area (TPSA) is 93.1 Å². The summed E-state index contributed by atoms with van der Waals surface area (Å²) in [4.78, 5) is 11.5. The van der Waals surface area contributed by atoms with Crippen molar-refractivity contribution in [1.82, 2.24) is 9.78 Å². The van der Waals surface area contributed by atoms with Gasteiger partial charge in [-0.1, -0.05) is 18.2 Å². The molecule has 2 aromatic heterocycles. The minimum absolute atomic E-state index is 0.246. The van der Waals surface area contributed by atoms with Gasteiger partial charge in [-0.25, -0.2) is 9.25 Å². The Bertz CT molecular complexity index is 1030. The van der Waals surface area contributed by atoms with Gasteiger partial charge in [-0.15, -0.1) is 0 Å². The minimum atomic E-state index is -3.92. The molecule has 140 valence electrons. The van der Waals surface area contributed by atoms with Gasteiger partial charge in [0, 0.05) is 18.7 Å². The SMILES string of the molecule is O=Cc1cn(-c2ccccc2)nc1-c1ccc[n+](CCCCS(=O)(=O)O)c1. The number of aromatic nitrogens is 3. The normalized spacial score (nSPS) is 11.4. The molecule has 3 aromatic rings. The number of aryl methyl sites for hydroxylation is 1. The first-order valence-corrected chi connectivity index (χ1v) is 10.1. The number of unbranched alkanes of at least 4 members (excludes halogenated alkanes) is 1. The average Bonchev–Trinajstić information content (AvgIpc) is 3.10. The molecule has 7 nitrogen and oxygen atoms in total. The van der Waals surface area contributed by atoms with Crippen LogP contribution in [0.1, 0.15) is 23.2 Å². The van der Waals surface area contributed by atoms with E-state index in [0.717, 1.165) is 17.5 Å². The highest BCUT2D eigenvalue weighted by molar-refractivity contribution is 7.85. The number of aldehydes is 1. The van der Waals surface area contributed by atoms with Crippen LogP contribution in [0.2, 0.25) is 0 Å². The van der Waals surface area contributed by atoms with Crippen molar-refractivity contribution in [1.29, 1.82) is 0 Å². The Morgan fingerprint density at radius 3 is 2.59 bits per heavy atom. The van der Waals surface area contributed by atoms with Crippen LogP contribution < -0.4 is 4.57 Å². The van der Waals surface area contributed by atoms with Crippen LogP contribution in [0.15, 0.2) is 61.1 Å². The molecule has 0 amide bonds. The summed E-state index contributed by atoms with van der Waals surface area (Å²) in [6.45, 7) is 0.596. The molecular formula is C19H20N3O4S+. The second-order valence-corrected chi connectivity index (χ2v) is 7.73. The molecular weight excluding hydrogens is 366 g/mol. The zero-order valence-electron chi connectivity index (χ0n) is 14.6. The van der Waals surface area contributed by atoms with Gasteiger partial charge in [-0.05, 0) is 24.6 Å². The summed E-state index contributed by atoms with van der Waals surface area (Å²) in [5.74, 6) is -0.246. The number of pyridine rings is 1. The lowest BCUT2D eigenvalue weighted by atomic mass is 10.1. The largest absolute Gasteiger partial charge is 0.298 e. The van der Waals surface area contributed by atoms with Crippen LogP contribution in [0.5, 0.6) is 0 Å². The van der Waals surface area contributed by atoms with Crippen molar-refractivity contribution in [3.63, 3.8) is 0 Å². The van der Waals surface area contributed by atoms with E-state index in [4.69, 9.17) is 4.55 Å². The fraction of sp³-hybridized carbons (Fsp3) is 0.211. The summed E-state index contributed by atoms with van der Waals surface area (Å²) in [6.07, 6.45) is 7.20. The number of para-hydroxylation sites is 1. The predicted octanol–water partition coefficient (Wildman–Crippen LogP) is 2.31. The molecule has 0 saturated heterocycles. The van der Waals surface area contributed by atoms with E-state index in [-0.39, 0.29) is 5.75 Å². The summed E-state index contributed by atoms with van der Waals surface area (Å²) in [6, 6.07) is 13.3. The van der Waals surface area contributed by atoms with Crippen LogP contribution in [0, 0.1) is 0 Å². The van der Waals surface area contributed by atoms with Gasteiger partial charge in [-0.3, -0.25) is 9.35 Å². The molecule has 0 aliphatic carbocycles. The molecule has 0 bridgehead atoms. The molecule has 0 radical (unpaired) electrons. The molecule has 1 N–H and O–H groups in total. The molecule has 0 aliphatic rings. The Hall–Kier alpha value is -2.84. The van der Waals surface area contributed by atoms with Crippen LogP contribution in [0.25, 0.3) is 16.9 Å². The van der Waals surface area contributed by atoms with E-state index in [1.54, 1.807) is 10.9 Å². The first-order chi connectivity index (χ1) is 13.0. The van der Waals surface area contributed by atoms with E-state index >= 15 is 0 Å². The van der Waals surface area contributed by atoms with Crippen molar-refractivity contribution in [2.45, 2.75) is 19.4 Å². The third kappa shape index (κ3) is 5.08. The lowest BCUT2D eigenvalue weighted by Gasteiger charge is -2.01. The molecule has 0 atom stereocenters. The molecule has 0 saturated carbocycles. The van der Waals surface area contributed by atoms with Crippen LogP contribution in [-0.2, 0) is 16.7 Å². The van der Waals surface area contributed by atoms with E-state index in [9.17, 15) is 13.2 Å². The van der Waals surface area contributed by atoms with Gasteiger partial charge in [0.25, 0.3) is 10.1 Å². The summed E-state index contributed by atoms with van der Waals surface area (Å²) < 4.78 is 33.9. The van der Waals surface area contributed by atoms with Crippen LogP contribution in [0.4, 0.5) is 0 Å². The second kappa shape index (κ2) is 8.24. The molecule has 0 aliphatic heterocycles. The van der Waals surface area contributed by atoms with Crippen LogP contribution in [-0.4, -0.2) is 34.8 Å². The monoisotopic (exact) mass is 386 g/mol. The Morgan fingerprint density at radius 1 is 1.11 bits per heavy atom. The van der Waals surface area contributed by atoms with Gasteiger partial charge in [0.1, 0.15) is 12.2 Å². The Kier molecular flexibility index (Phi) is 5.78. The number of hydrogen-bond acceptors (Lipinski definition) is 4. The van der Waals surface area contributed by atoms with Crippen LogP contribution >= 0.6 is 0 Å². The Labute approximate surface area is 157 Å². The zero-order valence-corrected chi connectivity index (χ0v) is 15.4. The third-order valence-electron chi connectivity index (χ3n) is 4.09. The lowest BCUT2D eigenvalue weighted by molar-refractivity contribution is -0.696. The lowest BCUT2D eigenvalue weighted by Crippen LogP contribution is -2.33. The van der Waals surface area contributed by atoms with Crippen LogP contribution in [0.3, 0.4) is 0 Å². The van der Waals surface area contributed by atoms with E-state index in [1.807, 2.05) is 59.4 Å². The molecule has 27 heavy (non-hydrogen) atoms.